The van der Waals surface area contributed by atoms with E-state index in [9.17, 15) is 5.26 Å². The largest absolute Gasteiger partial charge is 0.292 e. The SMILES string of the molecule is Cc1ccc(-c2nc3ccccc3n2-c2c(C(C)C)cc(-c3ccccc3)cc2C(C)C)c2sc3cc(C#N)ccc3c12. The van der Waals surface area contributed by atoms with Crippen LogP contribution in [0.1, 0.15) is 61.8 Å². The third kappa shape index (κ3) is 4.44. The van der Waals surface area contributed by atoms with Crippen molar-refractivity contribution in [2.75, 3.05) is 0 Å². The highest BCUT2D eigenvalue weighted by atomic mass is 32.1. The van der Waals surface area contributed by atoms with Crippen LogP contribution in [0.2, 0.25) is 0 Å². The first-order chi connectivity index (χ1) is 20.9. The lowest BCUT2D eigenvalue weighted by atomic mass is 9.88. The number of aryl methyl sites for hydroxylation is 1. The second kappa shape index (κ2) is 10.5. The van der Waals surface area contributed by atoms with Gasteiger partial charge in [-0.25, -0.2) is 4.98 Å². The van der Waals surface area contributed by atoms with Gasteiger partial charge in [-0.15, -0.1) is 11.3 Å². The van der Waals surface area contributed by atoms with Gasteiger partial charge in [0.2, 0.25) is 0 Å². The number of hydrogen-bond donors (Lipinski definition) is 0. The van der Waals surface area contributed by atoms with Gasteiger partial charge in [-0.2, -0.15) is 5.26 Å². The predicted octanol–water partition coefficient (Wildman–Crippen LogP) is 11.2. The molecule has 0 unspecified atom stereocenters. The Kier molecular flexibility index (Phi) is 6.64. The molecule has 0 N–H and O–H groups in total. The van der Waals surface area contributed by atoms with Crippen LogP contribution in [-0.2, 0) is 0 Å². The first-order valence-electron chi connectivity index (χ1n) is 14.9. The van der Waals surface area contributed by atoms with Gasteiger partial charge >= 0.3 is 0 Å². The summed E-state index contributed by atoms with van der Waals surface area (Å²) < 4.78 is 4.76. The molecule has 2 aromatic heterocycles. The molecule has 0 aliphatic rings. The summed E-state index contributed by atoms with van der Waals surface area (Å²) in [5, 5.41) is 12.0. The average Bonchev–Trinajstić information content (AvgIpc) is 3.60. The highest BCUT2D eigenvalue weighted by Crippen LogP contribution is 2.45. The summed E-state index contributed by atoms with van der Waals surface area (Å²) in [5.74, 6) is 1.56. The van der Waals surface area contributed by atoms with Gasteiger partial charge in [0.15, 0.2) is 0 Å². The Labute approximate surface area is 256 Å². The van der Waals surface area contributed by atoms with Crippen molar-refractivity contribution in [2.24, 2.45) is 0 Å². The molecule has 0 fully saturated rings. The average molecular weight is 576 g/mol. The Morgan fingerprint density at radius 2 is 1.47 bits per heavy atom. The topological polar surface area (TPSA) is 41.6 Å². The minimum Gasteiger partial charge on any atom is -0.292 e. The maximum Gasteiger partial charge on any atom is 0.147 e. The van der Waals surface area contributed by atoms with E-state index in [-0.39, 0.29) is 0 Å². The molecule has 7 rings (SSSR count). The van der Waals surface area contributed by atoms with Crippen molar-refractivity contribution in [3.8, 4) is 34.3 Å². The predicted molar refractivity (Wildman–Crippen MR) is 182 cm³/mol. The van der Waals surface area contributed by atoms with Gasteiger partial charge in [0, 0.05) is 25.7 Å². The normalized spacial score (nSPS) is 11.8. The van der Waals surface area contributed by atoms with Gasteiger partial charge in [0.1, 0.15) is 5.82 Å². The molecule has 0 spiro atoms. The van der Waals surface area contributed by atoms with Gasteiger partial charge in [-0.1, -0.05) is 82.3 Å². The van der Waals surface area contributed by atoms with Crippen molar-refractivity contribution in [3.63, 3.8) is 0 Å². The molecule has 0 saturated heterocycles. The molecule has 0 bridgehead atoms. The maximum absolute atomic E-state index is 9.58. The summed E-state index contributed by atoms with van der Waals surface area (Å²) >= 11 is 1.76. The van der Waals surface area contributed by atoms with Crippen LogP contribution in [0.5, 0.6) is 0 Å². The van der Waals surface area contributed by atoms with Crippen LogP contribution in [-0.4, -0.2) is 9.55 Å². The lowest BCUT2D eigenvalue weighted by Gasteiger charge is -2.24. The van der Waals surface area contributed by atoms with E-state index < -0.39 is 0 Å². The molecule has 0 atom stereocenters. The number of aromatic nitrogens is 2. The first-order valence-corrected chi connectivity index (χ1v) is 15.7. The van der Waals surface area contributed by atoms with Crippen LogP contribution in [0.15, 0.2) is 97.1 Å². The standard InChI is InChI=1S/C39H33N3S/c1-23(2)31-20-28(27-11-7-6-8-12-27)21-32(24(3)4)37(31)42-34-14-10-9-13-33(34)41-39(42)30-17-15-25(5)36-29-18-16-26(22-40)19-35(29)43-38(30)36/h6-21,23-24H,1-5H3. The molecule has 0 aliphatic heterocycles. The van der Waals surface area contributed by atoms with Crippen LogP contribution < -0.4 is 0 Å². The summed E-state index contributed by atoms with van der Waals surface area (Å²) in [6, 6.07) is 36.8. The van der Waals surface area contributed by atoms with Gasteiger partial charge in [-0.3, -0.25) is 4.57 Å². The Bertz CT molecular complexity index is 2180. The van der Waals surface area contributed by atoms with Crippen LogP contribution in [0.3, 0.4) is 0 Å². The van der Waals surface area contributed by atoms with E-state index in [1.165, 1.54) is 49.0 Å². The number of benzene rings is 5. The number of nitrogens with zero attached hydrogens (tertiary/aromatic N) is 3. The highest BCUT2D eigenvalue weighted by Gasteiger charge is 2.25. The van der Waals surface area contributed by atoms with Crippen molar-refractivity contribution < 1.29 is 0 Å². The van der Waals surface area contributed by atoms with E-state index in [4.69, 9.17) is 4.98 Å². The van der Waals surface area contributed by atoms with Gasteiger partial charge in [0.05, 0.1) is 28.4 Å². The summed E-state index contributed by atoms with van der Waals surface area (Å²) in [5.41, 5.74) is 11.5. The molecule has 5 aromatic carbocycles. The molecule has 43 heavy (non-hydrogen) atoms. The Morgan fingerprint density at radius 3 is 2.16 bits per heavy atom. The zero-order valence-electron chi connectivity index (χ0n) is 25.1. The monoisotopic (exact) mass is 575 g/mol. The fourth-order valence-electron chi connectivity index (χ4n) is 6.34. The lowest BCUT2D eigenvalue weighted by molar-refractivity contribution is 0.812. The fourth-order valence-corrected chi connectivity index (χ4v) is 7.67. The molecule has 4 heteroatoms. The summed E-state index contributed by atoms with van der Waals surface area (Å²) in [6.07, 6.45) is 0. The zero-order chi connectivity index (χ0) is 29.8. The van der Waals surface area contributed by atoms with Crippen molar-refractivity contribution in [2.45, 2.75) is 46.5 Å². The molecule has 0 saturated carbocycles. The molecule has 7 aromatic rings. The lowest BCUT2D eigenvalue weighted by Crippen LogP contribution is -2.09. The van der Waals surface area contributed by atoms with E-state index >= 15 is 0 Å². The third-order valence-corrected chi connectivity index (χ3v) is 9.69. The van der Waals surface area contributed by atoms with Crippen molar-refractivity contribution >= 4 is 42.5 Å². The summed E-state index contributed by atoms with van der Waals surface area (Å²) in [6.45, 7) is 11.3. The second-order valence-electron chi connectivity index (χ2n) is 12.0. The van der Waals surface area contributed by atoms with Gasteiger partial charge in [0.25, 0.3) is 0 Å². The second-order valence-corrected chi connectivity index (χ2v) is 13.0. The molecule has 0 aliphatic carbocycles. The minimum atomic E-state index is 0.303. The van der Waals surface area contributed by atoms with Gasteiger partial charge in [-0.05, 0) is 89.0 Å². The van der Waals surface area contributed by atoms with Crippen molar-refractivity contribution in [1.82, 2.24) is 9.55 Å². The quantitative estimate of drug-likeness (QED) is 0.205. The van der Waals surface area contributed by atoms with Crippen molar-refractivity contribution in [3.05, 3.63) is 119 Å². The zero-order valence-corrected chi connectivity index (χ0v) is 26.0. The van der Waals surface area contributed by atoms with Crippen LogP contribution in [0.25, 0.3) is 59.4 Å². The van der Waals surface area contributed by atoms with Crippen LogP contribution >= 0.6 is 11.3 Å². The molecule has 2 heterocycles. The number of fused-ring (bicyclic) bond motifs is 4. The maximum atomic E-state index is 9.58. The van der Waals surface area contributed by atoms with Crippen LogP contribution in [0, 0.1) is 18.3 Å². The highest BCUT2D eigenvalue weighted by molar-refractivity contribution is 7.26. The number of thiophene rings is 1. The van der Waals surface area contributed by atoms with E-state index in [0.717, 1.165) is 27.1 Å². The third-order valence-electron chi connectivity index (χ3n) is 8.50. The Hall–Kier alpha value is -4.72. The van der Waals surface area contributed by atoms with Crippen LogP contribution in [0.4, 0.5) is 0 Å². The minimum absolute atomic E-state index is 0.303. The number of hydrogen-bond acceptors (Lipinski definition) is 3. The molecule has 0 radical (unpaired) electrons. The summed E-state index contributed by atoms with van der Waals surface area (Å²) in [7, 11) is 0. The van der Waals surface area contributed by atoms with Gasteiger partial charge < -0.3 is 0 Å². The number of rotatable bonds is 5. The molecule has 3 nitrogen and oxygen atoms in total. The van der Waals surface area contributed by atoms with E-state index in [0.29, 0.717) is 17.4 Å². The smallest absolute Gasteiger partial charge is 0.147 e. The molecule has 0 amide bonds. The fraction of sp³-hybridized carbons (Fsp3) is 0.179. The summed E-state index contributed by atoms with van der Waals surface area (Å²) in [4.78, 5) is 5.34. The molecule has 210 valence electrons. The Morgan fingerprint density at radius 1 is 0.767 bits per heavy atom. The Balaban J connectivity index is 1.60. The molecular formula is C39H33N3S. The van der Waals surface area contributed by atoms with E-state index in [2.05, 4.69) is 130 Å². The van der Waals surface area contributed by atoms with E-state index in [1.54, 1.807) is 11.3 Å². The van der Waals surface area contributed by atoms with E-state index in [1.807, 2.05) is 12.1 Å². The molecular weight excluding hydrogens is 543 g/mol. The first kappa shape index (κ1) is 27.1. The van der Waals surface area contributed by atoms with Crippen molar-refractivity contribution in [1.29, 1.82) is 5.26 Å². The number of imidazole rings is 1. The number of para-hydroxylation sites is 2. The number of nitriles is 1.